The quantitative estimate of drug-likeness (QED) is 0.677. The van der Waals surface area contributed by atoms with Crippen molar-refractivity contribution in [3.05, 3.63) is 35.0 Å². The van der Waals surface area contributed by atoms with Gasteiger partial charge in [-0.2, -0.15) is 0 Å². The Hall–Kier alpha value is -2.03. The molecule has 154 valence electrons. The van der Waals surface area contributed by atoms with Gasteiger partial charge in [-0.25, -0.2) is 9.97 Å². The number of carbonyl (C=O) groups is 1. The third kappa shape index (κ3) is 3.89. The summed E-state index contributed by atoms with van der Waals surface area (Å²) in [5.41, 5.74) is 18.7. The maximum Gasteiger partial charge on any atom is 0.250 e. The van der Waals surface area contributed by atoms with Crippen LogP contribution in [-0.2, 0) is 0 Å². The summed E-state index contributed by atoms with van der Waals surface area (Å²) in [4.78, 5) is 23.4. The van der Waals surface area contributed by atoms with Gasteiger partial charge in [-0.05, 0) is 36.8 Å². The lowest BCUT2D eigenvalue weighted by molar-refractivity contribution is 0.1000. The number of hydrogen-bond donors (Lipinski definition) is 3. The van der Waals surface area contributed by atoms with E-state index >= 15 is 0 Å². The van der Waals surface area contributed by atoms with E-state index in [1.54, 1.807) is 24.4 Å². The van der Waals surface area contributed by atoms with Crippen molar-refractivity contribution < 1.29 is 4.79 Å². The molecule has 1 saturated heterocycles. The van der Waals surface area contributed by atoms with E-state index in [-0.39, 0.29) is 11.6 Å². The highest BCUT2D eigenvalue weighted by Gasteiger charge is 2.43. The van der Waals surface area contributed by atoms with E-state index in [1.165, 1.54) is 37.4 Å². The Morgan fingerprint density at radius 3 is 2.69 bits per heavy atom. The van der Waals surface area contributed by atoms with Gasteiger partial charge in [0, 0.05) is 24.0 Å². The van der Waals surface area contributed by atoms with Crippen molar-refractivity contribution in [2.45, 2.75) is 48.1 Å². The summed E-state index contributed by atoms with van der Waals surface area (Å²) < 4.78 is 0. The highest BCUT2D eigenvalue weighted by Crippen LogP contribution is 2.46. The van der Waals surface area contributed by atoms with Gasteiger partial charge in [0.25, 0.3) is 0 Å². The first kappa shape index (κ1) is 20.3. The molecule has 2 aromatic rings. The molecule has 9 heteroatoms. The maximum atomic E-state index is 11.5. The minimum Gasteiger partial charge on any atom is -0.381 e. The van der Waals surface area contributed by atoms with Crippen LogP contribution in [0.15, 0.2) is 34.3 Å². The minimum atomic E-state index is -0.576. The third-order valence-electron chi connectivity index (χ3n) is 6.19. The summed E-state index contributed by atoms with van der Waals surface area (Å²) in [6.45, 7) is 1.69. The number of amides is 1. The van der Waals surface area contributed by atoms with Crippen LogP contribution >= 0.6 is 23.4 Å². The molecule has 6 N–H and O–H groups in total. The Labute approximate surface area is 179 Å². The van der Waals surface area contributed by atoms with Gasteiger partial charge in [-0.3, -0.25) is 4.79 Å². The molecule has 1 amide bonds. The average molecular weight is 433 g/mol. The van der Waals surface area contributed by atoms with Gasteiger partial charge < -0.3 is 22.1 Å². The fraction of sp³-hybridized carbons (Fsp3) is 0.450. The van der Waals surface area contributed by atoms with Crippen LogP contribution in [0.3, 0.4) is 0 Å². The number of nitrogens with two attached hydrogens (primary N) is 3. The standard InChI is InChI=1S/C20H25ClN6OS/c21-16-12(18(24)28)4-3-5-13(16)29-19-17(23)26-15(10-25-19)27-9-8-20(14(22)11-27)6-1-2-7-20/h3-5,10,14H,1-2,6-9,11,22H2,(H2,23,26)(H2,24,28)/t14-/m0/s1. The SMILES string of the molecule is NC(=O)c1cccc(Sc2ncc(N3CCC4(CCCC4)[C@@H](N)C3)nc2N)c1Cl. The lowest BCUT2D eigenvalue weighted by Crippen LogP contribution is -2.54. The van der Waals surface area contributed by atoms with E-state index in [4.69, 9.17) is 28.8 Å². The molecule has 0 radical (unpaired) electrons. The van der Waals surface area contributed by atoms with Crippen molar-refractivity contribution >= 4 is 40.9 Å². The number of halogens is 1. The van der Waals surface area contributed by atoms with Gasteiger partial charge in [0.05, 0.1) is 16.8 Å². The van der Waals surface area contributed by atoms with Crippen molar-refractivity contribution in [3.63, 3.8) is 0 Å². The number of nitrogens with zero attached hydrogens (tertiary/aromatic N) is 3. The van der Waals surface area contributed by atoms with Crippen LogP contribution in [0.5, 0.6) is 0 Å². The first-order valence-electron chi connectivity index (χ1n) is 9.79. The molecular weight excluding hydrogens is 408 g/mol. The zero-order chi connectivity index (χ0) is 20.6. The van der Waals surface area contributed by atoms with E-state index in [1.807, 2.05) is 0 Å². The molecule has 1 aliphatic carbocycles. The molecule has 1 atom stereocenters. The van der Waals surface area contributed by atoms with Gasteiger partial charge in [-0.1, -0.05) is 42.3 Å². The van der Waals surface area contributed by atoms with Gasteiger partial charge in [0.1, 0.15) is 10.8 Å². The molecule has 1 spiro atoms. The summed E-state index contributed by atoms with van der Waals surface area (Å²) >= 11 is 7.56. The zero-order valence-electron chi connectivity index (χ0n) is 16.1. The minimum absolute atomic E-state index is 0.145. The first-order chi connectivity index (χ1) is 13.9. The molecule has 7 nitrogen and oxygen atoms in total. The molecule has 29 heavy (non-hydrogen) atoms. The highest BCUT2D eigenvalue weighted by molar-refractivity contribution is 7.99. The van der Waals surface area contributed by atoms with Crippen LogP contribution in [0.1, 0.15) is 42.5 Å². The van der Waals surface area contributed by atoms with Crippen molar-refractivity contribution in [2.24, 2.45) is 16.9 Å². The lowest BCUT2D eigenvalue weighted by atomic mass is 9.73. The second-order valence-corrected chi connectivity index (χ2v) is 9.28. The van der Waals surface area contributed by atoms with Crippen molar-refractivity contribution in [3.8, 4) is 0 Å². The van der Waals surface area contributed by atoms with Crippen molar-refractivity contribution in [1.82, 2.24) is 9.97 Å². The van der Waals surface area contributed by atoms with E-state index in [2.05, 4.69) is 14.9 Å². The molecule has 2 heterocycles. The first-order valence-corrected chi connectivity index (χ1v) is 11.0. The van der Waals surface area contributed by atoms with E-state index in [0.29, 0.717) is 26.2 Å². The van der Waals surface area contributed by atoms with Crippen molar-refractivity contribution in [2.75, 3.05) is 23.7 Å². The maximum absolute atomic E-state index is 11.5. The molecule has 1 aromatic carbocycles. The summed E-state index contributed by atoms with van der Waals surface area (Å²) in [7, 11) is 0. The number of rotatable bonds is 4. The Balaban J connectivity index is 1.51. The van der Waals surface area contributed by atoms with Gasteiger partial charge in [0.15, 0.2) is 5.82 Å². The summed E-state index contributed by atoms with van der Waals surface area (Å²) in [5, 5.41) is 0.824. The third-order valence-corrected chi connectivity index (χ3v) is 7.78. The molecule has 1 aromatic heterocycles. The predicted molar refractivity (Wildman–Crippen MR) is 116 cm³/mol. The highest BCUT2D eigenvalue weighted by atomic mass is 35.5. The molecule has 1 saturated carbocycles. The average Bonchev–Trinajstić information content (AvgIpc) is 3.16. The number of nitrogen functional groups attached to an aromatic ring is 1. The predicted octanol–water partition coefficient (Wildman–Crippen LogP) is 3.06. The molecule has 4 rings (SSSR count). The smallest absolute Gasteiger partial charge is 0.250 e. The van der Waals surface area contributed by atoms with Crippen LogP contribution in [0.4, 0.5) is 11.6 Å². The van der Waals surface area contributed by atoms with E-state index in [9.17, 15) is 4.79 Å². The molecular formula is C20H25ClN6OS. The van der Waals surface area contributed by atoms with Crippen molar-refractivity contribution in [1.29, 1.82) is 0 Å². The molecule has 0 unspecified atom stereocenters. The van der Waals surface area contributed by atoms with Crippen LogP contribution in [-0.4, -0.2) is 35.0 Å². The van der Waals surface area contributed by atoms with Gasteiger partial charge >= 0.3 is 0 Å². The fourth-order valence-corrected chi connectivity index (χ4v) is 5.62. The summed E-state index contributed by atoms with van der Waals surface area (Å²) in [6, 6.07) is 5.24. The van der Waals surface area contributed by atoms with Crippen LogP contribution in [0, 0.1) is 5.41 Å². The summed E-state index contributed by atoms with van der Waals surface area (Å²) in [5.74, 6) is 0.489. The Morgan fingerprint density at radius 1 is 1.28 bits per heavy atom. The lowest BCUT2D eigenvalue weighted by Gasteiger charge is -2.44. The second-order valence-electron chi connectivity index (χ2n) is 7.87. The summed E-state index contributed by atoms with van der Waals surface area (Å²) in [6.07, 6.45) is 7.84. The number of anilines is 2. The monoisotopic (exact) mass is 432 g/mol. The topological polar surface area (TPSA) is 124 Å². The van der Waals surface area contributed by atoms with Crippen LogP contribution < -0.4 is 22.1 Å². The van der Waals surface area contributed by atoms with E-state index < -0.39 is 5.91 Å². The van der Waals surface area contributed by atoms with Crippen LogP contribution in [0.2, 0.25) is 5.02 Å². The second kappa shape index (κ2) is 8.01. The fourth-order valence-electron chi connectivity index (χ4n) is 4.47. The number of carbonyl (C=O) groups excluding carboxylic acids is 1. The Kier molecular flexibility index (Phi) is 5.59. The normalized spacial score (nSPS) is 20.9. The van der Waals surface area contributed by atoms with Gasteiger partial charge in [0.2, 0.25) is 5.91 Å². The van der Waals surface area contributed by atoms with E-state index in [0.717, 1.165) is 25.3 Å². The molecule has 0 bridgehead atoms. The number of benzene rings is 1. The number of aromatic nitrogens is 2. The number of piperidine rings is 1. The van der Waals surface area contributed by atoms with Crippen LogP contribution in [0.25, 0.3) is 0 Å². The Morgan fingerprint density at radius 2 is 2.03 bits per heavy atom. The molecule has 2 aliphatic rings. The number of hydrogen-bond acceptors (Lipinski definition) is 7. The largest absolute Gasteiger partial charge is 0.381 e. The zero-order valence-corrected chi connectivity index (χ0v) is 17.7. The van der Waals surface area contributed by atoms with Gasteiger partial charge in [-0.15, -0.1) is 0 Å². The Bertz CT molecular complexity index is 933. The number of primary amides is 1. The molecule has 2 fully saturated rings. The molecule has 1 aliphatic heterocycles.